The standard InChI is InChI=1S/C10H16N4/c1-8-12-6-4-10(13-8)14(7-5-11)9-2-3-9/h4,6,9H,2-3,5,7,11H2,1H3. The first-order chi connectivity index (χ1) is 6.81. The van der Waals surface area contributed by atoms with Crippen LogP contribution in [0.1, 0.15) is 18.7 Å². The average molecular weight is 192 g/mol. The van der Waals surface area contributed by atoms with E-state index in [1.54, 1.807) is 0 Å². The Balaban J connectivity index is 2.16. The molecule has 0 aromatic carbocycles. The zero-order chi connectivity index (χ0) is 9.97. The van der Waals surface area contributed by atoms with Crippen LogP contribution in [0.5, 0.6) is 0 Å². The summed E-state index contributed by atoms with van der Waals surface area (Å²) < 4.78 is 0. The number of aromatic nitrogens is 2. The van der Waals surface area contributed by atoms with Crippen molar-refractivity contribution in [3.63, 3.8) is 0 Å². The lowest BCUT2D eigenvalue weighted by molar-refractivity contribution is 0.765. The predicted molar refractivity (Wildman–Crippen MR) is 56.2 cm³/mol. The molecule has 0 saturated heterocycles. The summed E-state index contributed by atoms with van der Waals surface area (Å²) in [5.74, 6) is 1.84. The van der Waals surface area contributed by atoms with E-state index in [0.717, 1.165) is 18.2 Å². The lowest BCUT2D eigenvalue weighted by atomic mass is 10.4. The lowest BCUT2D eigenvalue weighted by Crippen LogP contribution is -2.32. The Hall–Kier alpha value is -1.16. The fraction of sp³-hybridized carbons (Fsp3) is 0.600. The minimum absolute atomic E-state index is 0.660. The monoisotopic (exact) mass is 192 g/mol. The molecule has 1 saturated carbocycles. The van der Waals surface area contributed by atoms with Crippen molar-refractivity contribution in [1.29, 1.82) is 0 Å². The average Bonchev–Trinajstić information content (AvgIpc) is 2.97. The molecule has 0 atom stereocenters. The van der Waals surface area contributed by atoms with Gasteiger partial charge in [0.25, 0.3) is 0 Å². The maximum absolute atomic E-state index is 5.59. The highest BCUT2D eigenvalue weighted by Gasteiger charge is 2.29. The summed E-state index contributed by atoms with van der Waals surface area (Å²) >= 11 is 0. The minimum Gasteiger partial charge on any atom is -0.352 e. The molecule has 0 unspecified atom stereocenters. The molecule has 1 aliphatic carbocycles. The maximum atomic E-state index is 5.59. The Kier molecular flexibility index (Phi) is 2.63. The van der Waals surface area contributed by atoms with Gasteiger partial charge < -0.3 is 10.6 Å². The van der Waals surface area contributed by atoms with Gasteiger partial charge in [-0.05, 0) is 25.8 Å². The van der Waals surface area contributed by atoms with Gasteiger partial charge in [0.05, 0.1) is 0 Å². The molecule has 0 radical (unpaired) electrons. The van der Waals surface area contributed by atoms with E-state index < -0.39 is 0 Å². The Labute approximate surface area is 84.2 Å². The highest BCUT2D eigenvalue weighted by molar-refractivity contribution is 5.40. The Morgan fingerprint density at radius 1 is 1.57 bits per heavy atom. The first kappa shape index (κ1) is 9.40. The first-order valence-corrected chi connectivity index (χ1v) is 5.07. The normalized spacial score (nSPS) is 15.6. The number of nitrogens with zero attached hydrogens (tertiary/aromatic N) is 3. The summed E-state index contributed by atoms with van der Waals surface area (Å²) in [6.07, 6.45) is 4.34. The third-order valence-corrected chi connectivity index (χ3v) is 2.41. The highest BCUT2D eigenvalue weighted by atomic mass is 15.2. The van der Waals surface area contributed by atoms with Gasteiger partial charge in [-0.15, -0.1) is 0 Å². The van der Waals surface area contributed by atoms with Gasteiger partial charge in [-0.2, -0.15) is 0 Å². The maximum Gasteiger partial charge on any atom is 0.132 e. The molecule has 1 aliphatic rings. The molecular weight excluding hydrogens is 176 g/mol. The second kappa shape index (κ2) is 3.92. The van der Waals surface area contributed by atoms with Gasteiger partial charge in [-0.1, -0.05) is 0 Å². The van der Waals surface area contributed by atoms with Crippen LogP contribution in [0.15, 0.2) is 12.3 Å². The van der Waals surface area contributed by atoms with Crippen LogP contribution in [0.25, 0.3) is 0 Å². The number of hydrogen-bond donors (Lipinski definition) is 1. The third-order valence-electron chi connectivity index (χ3n) is 2.41. The van der Waals surface area contributed by atoms with Crippen LogP contribution in [0.3, 0.4) is 0 Å². The van der Waals surface area contributed by atoms with E-state index in [-0.39, 0.29) is 0 Å². The summed E-state index contributed by atoms with van der Waals surface area (Å²) in [5, 5.41) is 0. The zero-order valence-corrected chi connectivity index (χ0v) is 8.48. The van der Waals surface area contributed by atoms with Gasteiger partial charge >= 0.3 is 0 Å². The van der Waals surface area contributed by atoms with Gasteiger partial charge in [-0.25, -0.2) is 9.97 Å². The third kappa shape index (κ3) is 2.01. The summed E-state index contributed by atoms with van der Waals surface area (Å²) in [4.78, 5) is 10.8. The SMILES string of the molecule is Cc1nccc(N(CCN)C2CC2)n1. The molecule has 1 heterocycles. The quantitative estimate of drug-likeness (QED) is 0.763. The molecule has 4 heteroatoms. The van der Waals surface area contributed by atoms with Gasteiger partial charge in [0.2, 0.25) is 0 Å². The molecule has 1 fully saturated rings. The Bertz CT molecular complexity index is 309. The summed E-state index contributed by atoms with van der Waals surface area (Å²) in [5.41, 5.74) is 5.59. The lowest BCUT2D eigenvalue weighted by Gasteiger charge is -2.22. The largest absolute Gasteiger partial charge is 0.352 e. The van der Waals surface area contributed by atoms with Crippen molar-refractivity contribution in [1.82, 2.24) is 9.97 Å². The molecule has 0 spiro atoms. The molecule has 76 valence electrons. The number of hydrogen-bond acceptors (Lipinski definition) is 4. The second-order valence-corrected chi connectivity index (χ2v) is 3.68. The fourth-order valence-electron chi connectivity index (χ4n) is 1.61. The number of anilines is 1. The van der Waals surface area contributed by atoms with Crippen LogP contribution < -0.4 is 10.6 Å². The van der Waals surface area contributed by atoms with E-state index in [1.807, 2.05) is 19.2 Å². The molecule has 2 rings (SSSR count). The number of rotatable bonds is 4. The molecule has 4 nitrogen and oxygen atoms in total. The molecule has 1 aromatic heterocycles. The van der Waals surface area contributed by atoms with E-state index in [4.69, 9.17) is 5.73 Å². The van der Waals surface area contributed by atoms with Crippen molar-refractivity contribution < 1.29 is 0 Å². The van der Waals surface area contributed by atoms with E-state index in [9.17, 15) is 0 Å². The fourth-order valence-corrected chi connectivity index (χ4v) is 1.61. The predicted octanol–water partition coefficient (Wildman–Crippen LogP) is 0.713. The van der Waals surface area contributed by atoms with Crippen LogP contribution in [0, 0.1) is 6.92 Å². The summed E-state index contributed by atoms with van der Waals surface area (Å²) in [6.45, 7) is 3.48. The highest BCUT2D eigenvalue weighted by Crippen LogP contribution is 2.29. The molecule has 14 heavy (non-hydrogen) atoms. The molecular formula is C10H16N4. The van der Waals surface area contributed by atoms with Crippen molar-refractivity contribution in [2.24, 2.45) is 5.73 Å². The van der Waals surface area contributed by atoms with Crippen molar-refractivity contribution >= 4 is 5.82 Å². The molecule has 0 amide bonds. The van der Waals surface area contributed by atoms with Crippen molar-refractivity contribution in [3.8, 4) is 0 Å². The molecule has 0 bridgehead atoms. The molecule has 0 aliphatic heterocycles. The topological polar surface area (TPSA) is 55.0 Å². The Morgan fingerprint density at radius 3 is 2.93 bits per heavy atom. The van der Waals surface area contributed by atoms with Gasteiger partial charge in [0.1, 0.15) is 11.6 Å². The van der Waals surface area contributed by atoms with Crippen LogP contribution in [-0.2, 0) is 0 Å². The summed E-state index contributed by atoms with van der Waals surface area (Å²) in [6, 6.07) is 2.62. The minimum atomic E-state index is 0.660. The van der Waals surface area contributed by atoms with E-state index >= 15 is 0 Å². The molecule has 2 N–H and O–H groups in total. The van der Waals surface area contributed by atoms with Crippen LogP contribution in [0.4, 0.5) is 5.82 Å². The zero-order valence-electron chi connectivity index (χ0n) is 8.48. The molecule has 1 aromatic rings. The van der Waals surface area contributed by atoms with Gasteiger partial charge in [0.15, 0.2) is 0 Å². The smallest absolute Gasteiger partial charge is 0.132 e. The van der Waals surface area contributed by atoms with Crippen LogP contribution >= 0.6 is 0 Å². The summed E-state index contributed by atoms with van der Waals surface area (Å²) in [7, 11) is 0. The van der Waals surface area contributed by atoms with Crippen molar-refractivity contribution in [2.45, 2.75) is 25.8 Å². The van der Waals surface area contributed by atoms with Crippen LogP contribution in [0.2, 0.25) is 0 Å². The van der Waals surface area contributed by atoms with Crippen molar-refractivity contribution in [2.75, 3.05) is 18.0 Å². The van der Waals surface area contributed by atoms with Gasteiger partial charge in [0, 0.05) is 25.3 Å². The van der Waals surface area contributed by atoms with Crippen molar-refractivity contribution in [3.05, 3.63) is 18.1 Å². The van der Waals surface area contributed by atoms with E-state index in [1.165, 1.54) is 12.8 Å². The number of nitrogens with two attached hydrogens (primary N) is 1. The first-order valence-electron chi connectivity index (χ1n) is 5.07. The number of aryl methyl sites for hydroxylation is 1. The van der Waals surface area contributed by atoms with E-state index in [0.29, 0.717) is 12.6 Å². The van der Waals surface area contributed by atoms with Gasteiger partial charge in [-0.3, -0.25) is 0 Å². The van der Waals surface area contributed by atoms with Crippen LogP contribution in [-0.4, -0.2) is 29.1 Å². The second-order valence-electron chi connectivity index (χ2n) is 3.68. The van der Waals surface area contributed by atoms with E-state index in [2.05, 4.69) is 14.9 Å². The Morgan fingerprint density at radius 2 is 2.36 bits per heavy atom.